The summed E-state index contributed by atoms with van der Waals surface area (Å²) in [4.78, 5) is 16.5. The van der Waals surface area contributed by atoms with Crippen molar-refractivity contribution in [2.24, 2.45) is 10.9 Å². The molecule has 0 aromatic carbocycles. The Kier molecular flexibility index (Phi) is 5.88. The van der Waals surface area contributed by atoms with Gasteiger partial charge in [-0.2, -0.15) is 0 Å². The molecule has 6 heteroatoms. The standard InChI is InChI=1S/C17H24ClN3O2/c1-4-10-21-13(5-2)15(14(17(22)23)16(18)20-21)19-12-9-7-6-8-11(12)3/h4-5,10-12,20H,6-9H2,1-3H3,(H,22,23)/b10-4-,13-5?,19-15?. The number of aliphatic carboxylic acids is 1. The van der Waals surface area contributed by atoms with Gasteiger partial charge in [-0.3, -0.25) is 15.4 Å². The van der Waals surface area contributed by atoms with Crippen molar-refractivity contribution in [3.8, 4) is 0 Å². The molecule has 0 spiro atoms. The molecular formula is C17H24ClN3O2. The van der Waals surface area contributed by atoms with Crippen LogP contribution in [0.4, 0.5) is 0 Å². The number of hydrogen-bond donors (Lipinski definition) is 2. The maximum atomic E-state index is 11.7. The van der Waals surface area contributed by atoms with E-state index in [2.05, 4.69) is 12.3 Å². The van der Waals surface area contributed by atoms with Crippen molar-refractivity contribution in [2.75, 3.05) is 0 Å². The van der Waals surface area contributed by atoms with Crippen molar-refractivity contribution >= 4 is 23.3 Å². The second-order valence-corrected chi connectivity index (χ2v) is 6.32. The third-order valence-corrected chi connectivity index (χ3v) is 4.60. The van der Waals surface area contributed by atoms with Crippen molar-refractivity contribution in [2.45, 2.75) is 52.5 Å². The quantitative estimate of drug-likeness (QED) is 0.769. The Hall–Kier alpha value is -1.75. The van der Waals surface area contributed by atoms with Crippen LogP contribution < -0.4 is 5.43 Å². The van der Waals surface area contributed by atoms with Crippen LogP contribution in [0.1, 0.15) is 46.5 Å². The van der Waals surface area contributed by atoms with Crippen molar-refractivity contribution in [3.05, 3.63) is 34.8 Å². The Labute approximate surface area is 142 Å². The molecule has 2 atom stereocenters. The van der Waals surface area contributed by atoms with Crippen LogP contribution in [0.15, 0.2) is 39.8 Å². The first-order chi connectivity index (χ1) is 11.0. The summed E-state index contributed by atoms with van der Waals surface area (Å²) in [6.45, 7) is 5.94. The highest BCUT2D eigenvalue weighted by Gasteiger charge is 2.32. The molecule has 1 heterocycles. The molecule has 0 bridgehead atoms. The van der Waals surface area contributed by atoms with Crippen molar-refractivity contribution in [1.82, 2.24) is 10.4 Å². The smallest absolute Gasteiger partial charge is 0.341 e. The number of rotatable bonds is 3. The Morgan fingerprint density at radius 1 is 1.39 bits per heavy atom. The molecule has 0 amide bonds. The van der Waals surface area contributed by atoms with Crippen LogP contribution in [0.3, 0.4) is 0 Å². The van der Waals surface area contributed by atoms with Crippen molar-refractivity contribution in [1.29, 1.82) is 0 Å². The Morgan fingerprint density at radius 2 is 2.09 bits per heavy atom. The number of carbonyl (C=O) groups is 1. The molecule has 1 aliphatic carbocycles. The van der Waals surface area contributed by atoms with E-state index in [1.54, 1.807) is 11.2 Å². The topological polar surface area (TPSA) is 64.9 Å². The Bertz CT molecular complexity index is 593. The van der Waals surface area contributed by atoms with E-state index in [4.69, 9.17) is 16.6 Å². The highest BCUT2D eigenvalue weighted by atomic mass is 35.5. The molecular weight excluding hydrogens is 314 g/mol. The number of carboxylic acids is 1. The third-order valence-electron chi connectivity index (χ3n) is 4.32. The summed E-state index contributed by atoms with van der Waals surface area (Å²) in [5.41, 5.74) is 4.10. The summed E-state index contributed by atoms with van der Waals surface area (Å²) in [6.07, 6.45) is 9.98. The largest absolute Gasteiger partial charge is 0.478 e. The molecule has 2 unspecified atom stereocenters. The average Bonchev–Trinajstić information content (AvgIpc) is 2.49. The maximum Gasteiger partial charge on any atom is 0.341 e. The maximum absolute atomic E-state index is 11.7. The molecule has 5 nitrogen and oxygen atoms in total. The molecule has 1 saturated carbocycles. The summed E-state index contributed by atoms with van der Waals surface area (Å²) in [7, 11) is 0. The molecule has 1 fully saturated rings. The van der Waals surface area contributed by atoms with Crippen LogP contribution >= 0.6 is 11.6 Å². The lowest BCUT2D eigenvalue weighted by Crippen LogP contribution is -2.42. The Balaban J connectivity index is 2.52. The number of allylic oxidation sites excluding steroid dienone is 3. The first kappa shape index (κ1) is 17.6. The predicted molar refractivity (Wildman–Crippen MR) is 92.9 cm³/mol. The van der Waals surface area contributed by atoms with Crippen LogP contribution in [0.2, 0.25) is 0 Å². The number of hydrogen-bond acceptors (Lipinski definition) is 4. The molecule has 126 valence electrons. The van der Waals surface area contributed by atoms with E-state index >= 15 is 0 Å². The summed E-state index contributed by atoms with van der Waals surface area (Å²) in [5.74, 6) is -0.613. The van der Waals surface area contributed by atoms with Crippen LogP contribution in [-0.2, 0) is 4.79 Å². The zero-order valence-corrected chi connectivity index (χ0v) is 14.6. The van der Waals surface area contributed by atoms with E-state index < -0.39 is 5.97 Å². The van der Waals surface area contributed by atoms with Gasteiger partial charge in [0.15, 0.2) is 0 Å². The summed E-state index contributed by atoms with van der Waals surface area (Å²) in [6, 6.07) is 0.137. The summed E-state index contributed by atoms with van der Waals surface area (Å²) < 4.78 is 0. The van der Waals surface area contributed by atoms with Crippen LogP contribution in [0.25, 0.3) is 0 Å². The zero-order chi connectivity index (χ0) is 17.0. The van der Waals surface area contributed by atoms with E-state index in [9.17, 15) is 9.90 Å². The average molecular weight is 338 g/mol. The van der Waals surface area contributed by atoms with Gasteiger partial charge in [0.1, 0.15) is 16.4 Å². The van der Waals surface area contributed by atoms with Crippen molar-refractivity contribution < 1.29 is 9.90 Å². The number of nitrogens with zero attached hydrogens (tertiary/aromatic N) is 2. The number of nitrogens with one attached hydrogen (secondary N) is 1. The highest BCUT2D eigenvalue weighted by molar-refractivity contribution is 6.39. The first-order valence-electron chi connectivity index (χ1n) is 8.06. The van der Waals surface area contributed by atoms with E-state index in [1.165, 1.54) is 6.42 Å². The van der Waals surface area contributed by atoms with Crippen LogP contribution in [0, 0.1) is 5.92 Å². The fourth-order valence-electron chi connectivity index (χ4n) is 3.09. The molecule has 0 saturated heterocycles. The van der Waals surface area contributed by atoms with Gasteiger partial charge in [0.25, 0.3) is 0 Å². The van der Waals surface area contributed by atoms with E-state index in [-0.39, 0.29) is 16.8 Å². The van der Waals surface area contributed by atoms with Gasteiger partial charge in [-0.15, -0.1) is 0 Å². The van der Waals surface area contributed by atoms with Gasteiger partial charge in [-0.05, 0) is 32.6 Å². The molecule has 2 aliphatic rings. The molecule has 23 heavy (non-hydrogen) atoms. The van der Waals surface area contributed by atoms with Crippen LogP contribution in [0.5, 0.6) is 0 Å². The molecule has 1 aliphatic heterocycles. The second kappa shape index (κ2) is 7.68. The number of hydrazine groups is 1. The Morgan fingerprint density at radius 3 is 2.65 bits per heavy atom. The lowest BCUT2D eigenvalue weighted by molar-refractivity contribution is -0.132. The SMILES string of the molecule is CC=C1C(=NC2CCCCC2C)C(C(=O)O)=C(Cl)NN1/C=C\C. The number of halogens is 1. The van der Waals surface area contributed by atoms with E-state index in [1.807, 2.05) is 26.0 Å². The van der Waals surface area contributed by atoms with Crippen molar-refractivity contribution in [3.63, 3.8) is 0 Å². The van der Waals surface area contributed by atoms with Gasteiger partial charge in [0, 0.05) is 6.20 Å². The van der Waals surface area contributed by atoms with Gasteiger partial charge in [0.2, 0.25) is 0 Å². The lowest BCUT2D eigenvalue weighted by atomic mass is 9.86. The minimum atomic E-state index is -1.07. The fraction of sp³-hybridized carbons (Fsp3) is 0.529. The zero-order valence-electron chi connectivity index (χ0n) is 13.8. The fourth-order valence-corrected chi connectivity index (χ4v) is 3.35. The minimum Gasteiger partial charge on any atom is -0.478 e. The van der Waals surface area contributed by atoms with Crippen LogP contribution in [-0.4, -0.2) is 27.8 Å². The normalized spacial score (nSPS) is 29.5. The minimum absolute atomic E-state index is 0.0401. The molecule has 2 N–H and O–H groups in total. The third kappa shape index (κ3) is 3.78. The molecule has 0 radical (unpaired) electrons. The summed E-state index contributed by atoms with van der Waals surface area (Å²) in [5, 5.41) is 11.4. The molecule has 0 aromatic heterocycles. The first-order valence-corrected chi connectivity index (χ1v) is 8.44. The number of aliphatic imine (C=N–C) groups is 1. The predicted octanol–water partition coefficient (Wildman–Crippen LogP) is 3.80. The molecule has 0 aromatic rings. The summed E-state index contributed by atoms with van der Waals surface area (Å²) >= 11 is 6.18. The van der Waals surface area contributed by atoms with E-state index in [0.29, 0.717) is 17.3 Å². The van der Waals surface area contributed by atoms with Gasteiger partial charge < -0.3 is 5.11 Å². The van der Waals surface area contributed by atoms with Gasteiger partial charge >= 0.3 is 5.97 Å². The van der Waals surface area contributed by atoms with E-state index in [0.717, 1.165) is 19.3 Å². The van der Waals surface area contributed by atoms with Gasteiger partial charge in [-0.25, -0.2) is 4.79 Å². The van der Waals surface area contributed by atoms with Gasteiger partial charge in [-0.1, -0.05) is 43.5 Å². The lowest BCUT2D eigenvalue weighted by Gasteiger charge is -2.33. The highest BCUT2D eigenvalue weighted by Crippen LogP contribution is 2.30. The number of carboxylic acid groups (broad SMARTS) is 1. The molecule has 2 rings (SSSR count). The second-order valence-electron chi connectivity index (χ2n) is 5.94. The van der Waals surface area contributed by atoms with Gasteiger partial charge in [0.05, 0.1) is 11.7 Å². The monoisotopic (exact) mass is 337 g/mol.